The van der Waals surface area contributed by atoms with Crippen molar-refractivity contribution >= 4 is 92.7 Å². The second-order valence-corrected chi connectivity index (χ2v) is 27.8. The van der Waals surface area contributed by atoms with E-state index in [1.807, 2.05) is 48.5 Å². The largest absolute Gasteiger partial charge is 0.393 e. The molecule has 0 radical (unpaired) electrons. The van der Waals surface area contributed by atoms with Gasteiger partial charge in [0.05, 0.1) is 47.4 Å². The zero-order valence-electron chi connectivity index (χ0n) is 47.9. The number of hydrogen-bond donors (Lipinski definition) is 2. The maximum absolute atomic E-state index is 16.0. The standard InChI is InChI=1S/C66H66Cl4FN5O9S2/c1-65(33-55(46-11-6-13-52(69)31-46)61(44-20-24-50(67)25-21-44)75(63(65)79)57(42-16-17-42)39-73(86(81)82)29-28-41-8-5-15-54(71)30-41)35-59(77)85-60(78)36-66(2)34-56(47-12-7-14-53(70)32-47)62(45-22-26-51(68)27-23-45)76(64(66)80)58(43-18-19-43)40-74(87(83)84)38-49-10-4-3-9-48(49)37-72/h3-15,20-27,30-32,42-43,55-58,61-62H,16-19,28-29,33-36,38-40H2,1-2H3,(H,81,82)(H,83,84). The zero-order valence-corrected chi connectivity index (χ0v) is 52.5. The van der Waals surface area contributed by atoms with Crippen LogP contribution in [0.15, 0.2) is 146 Å². The molecule has 2 saturated heterocycles. The van der Waals surface area contributed by atoms with E-state index in [1.165, 1.54) is 20.7 Å². The monoisotopic (exact) mass is 1300 g/mol. The average Bonchev–Trinajstić information content (AvgIpc) is 1.95. The van der Waals surface area contributed by atoms with Gasteiger partial charge in [-0.15, -0.1) is 0 Å². The summed E-state index contributed by atoms with van der Waals surface area (Å²) in [5.41, 5.74) is 1.29. The van der Waals surface area contributed by atoms with E-state index < -0.39 is 112 Å². The Morgan fingerprint density at radius 3 is 1.53 bits per heavy atom. The van der Waals surface area contributed by atoms with E-state index in [2.05, 4.69) is 6.07 Å². The van der Waals surface area contributed by atoms with Gasteiger partial charge >= 0.3 is 11.9 Å². The summed E-state index contributed by atoms with van der Waals surface area (Å²) in [7, 11) is 0. The first-order valence-corrected chi connectivity index (χ1v) is 32.6. The van der Waals surface area contributed by atoms with Gasteiger partial charge in [0.1, 0.15) is 5.82 Å². The van der Waals surface area contributed by atoms with Gasteiger partial charge in [-0.2, -0.15) is 13.9 Å². The number of ether oxygens (including phenoxy) is 1. The molecule has 10 rings (SSSR count). The predicted octanol–water partition coefficient (Wildman–Crippen LogP) is 13.9. The van der Waals surface area contributed by atoms with Crippen molar-refractivity contribution in [3.63, 3.8) is 0 Å². The molecule has 2 N–H and O–H groups in total. The first-order chi connectivity index (χ1) is 41.6. The van der Waals surface area contributed by atoms with Gasteiger partial charge in [0.2, 0.25) is 34.3 Å². The molecule has 0 aromatic heterocycles. The fraction of sp³-hybridized carbons (Fsp3) is 0.379. The van der Waals surface area contributed by atoms with Crippen LogP contribution in [-0.4, -0.2) is 91.4 Å². The average molecular weight is 1300 g/mol. The van der Waals surface area contributed by atoms with Crippen molar-refractivity contribution in [3.8, 4) is 6.07 Å². The third kappa shape index (κ3) is 15.1. The Hall–Kier alpha value is -5.88. The highest BCUT2D eigenvalue weighted by Gasteiger charge is 2.57. The minimum Gasteiger partial charge on any atom is -0.393 e. The second-order valence-electron chi connectivity index (χ2n) is 24.1. The number of nitrogens with zero attached hydrogens (tertiary/aromatic N) is 5. The molecular weight excluding hydrogens is 1230 g/mol. The van der Waals surface area contributed by atoms with E-state index in [1.54, 1.807) is 109 Å². The number of nitriles is 1. The van der Waals surface area contributed by atoms with Crippen LogP contribution < -0.4 is 0 Å². The number of piperidine rings is 2. The van der Waals surface area contributed by atoms with Crippen LogP contribution in [-0.2, 0) is 59.4 Å². The molecule has 2 saturated carbocycles. The van der Waals surface area contributed by atoms with Crippen LogP contribution in [0.5, 0.6) is 0 Å². The fourth-order valence-corrected chi connectivity index (χ4v) is 15.0. The highest BCUT2D eigenvalue weighted by Crippen LogP contribution is 2.56. The summed E-state index contributed by atoms with van der Waals surface area (Å²) in [6.07, 6.45) is 2.04. The summed E-state index contributed by atoms with van der Waals surface area (Å²) in [6, 6.07) is 40.9. The van der Waals surface area contributed by atoms with Gasteiger partial charge < -0.3 is 14.5 Å². The van der Waals surface area contributed by atoms with Crippen molar-refractivity contribution in [1.29, 1.82) is 5.26 Å². The lowest BCUT2D eigenvalue weighted by Crippen LogP contribution is -2.59. The number of esters is 2. The van der Waals surface area contributed by atoms with Crippen LogP contribution in [0.3, 0.4) is 0 Å². The summed E-state index contributed by atoms with van der Waals surface area (Å²) >= 11 is 21.3. The normalized spacial score (nSPS) is 23.7. The van der Waals surface area contributed by atoms with E-state index in [0.29, 0.717) is 68.0 Å². The van der Waals surface area contributed by atoms with E-state index in [-0.39, 0.29) is 57.3 Å². The SMILES string of the molecule is CC1(CC(=O)OC(=O)CC2(C)CC(c3cccc(Cl)c3)C(c3ccc(Cl)cc3)N(C(CN(Cc3ccccc3C#N)S(=O)O)C3CC3)C2=O)CC(c2cccc(Cl)c2)C(c2ccc(Cl)cc2)N(C(CN(CCc2cccc(F)c2)S(=O)O)C2CC2)C1=O. The van der Waals surface area contributed by atoms with E-state index in [4.69, 9.17) is 51.1 Å². The number of carbonyl (C=O) groups excluding carboxylic acids is 4. The van der Waals surface area contributed by atoms with Gasteiger partial charge in [0.15, 0.2) is 0 Å². The number of amides is 2. The van der Waals surface area contributed by atoms with Gasteiger partial charge in [-0.3, -0.25) is 28.3 Å². The molecule has 87 heavy (non-hydrogen) atoms. The third-order valence-corrected chi connectivity index (χ3v) is 20.2. The molecule has 6 aromatic rings. The Morgan fingerprint density at radius 1 is 0.632 bits per heavy atom. The van der Waals surface area contributed by atoms with Crippen LogP contribution in [0.4, 0.5) is 4.39 Å². The molecule has 14 nitrogen and oxygen atoms in total. The molecule has 10 atom stereocenters. The number of carbonyl (C=O) groups is 4. The molecule has 4 fully saturated rings. The molecule has 2 aliphatic heterocycles. The maximum Gasteiger partial charge on any atom is 0.314 e. The minimum absolute atomic E-state index is 0.0501. The van der Waals surface area contributed by atoms with Gasteiger partial charge in [0, 0.05) is 70.2 Å². The number of likely N-dealkylation sites (tertiary alicyclic amines) is 2. The maximum atomic E-state index is 16.0. The lowest BCUT2D eigenvalue weighted by molar-refractivity contribution is -0.172. The quantitative estimate of drug-likeness (QED) is 0.0355. The summed E-state index contributed by atoms with van der Waals surface area (Å²) in [5.74, 6) is -4.70. The zero-order chi connectivity index (χ0) is 61.9. The molecule has 21 heteroatoms. The summed E-state index contributed by atoms with van der Waals surface area (Å²) in [6.45, 7) is 3.15. The Morgan fingerprint density at radius 2 is 1.09 bits per heavy atom. The number of benzene rings is 6. The first-order valence-electron chi connectivity index (χ1n) is 29.0. The lowest BCUT2D eigenvalue weighted by Gasteiger charge is -2.52. The van der Waals surface area contributed by atoms with Gasteiger partial charge in [0.25, 0.3) is 0 Å². The molecule has 2 amide bonds. The number of hydrogen-bond acceptors (Lipinski definition) is 8. The Kier molecular flexibility index (Phi) is 20.2. The van der Waals surface area contributed by atoms with E-state index in [9.17, 15) is 36.8 Å². The molecule has 10 unspecified atom stereocenters. The second kappa shape index (κ2) is 27.5. The summed E-state index contributed by atoms with van der Waals surface area (Å²) < 4.78 is 71.4. The number of rotatable bonds is 23. The van der Waals surface area contributed by atoms with Crippen molar-refractivity contribution in [1.82, 2.24) is 18.4 Å². The van der Waals surface area contributed by atoms with Crippen molar-refractivity contribution < 1.29 is 45.8 Å². The van der Waals surface area contributed by atoms with Crippen molar-refractivity contribution in [3.05, 3.63) is 210 Å². The highest BCUT2D eigenvalue weighted by molar-refractivity contribution is 7.76. The lowest BCUT2D eigenvalue weighted by atomic mass is 9.66. The fourth-order valence-electron chi connectivity index (χ4n) is 13.3. The minimum atomic E-state index is -2.57. The van der Waals surface area contributed by atoms with Crippen LogP contribution in [0.25, 0.3) is 0 Å². The van der Waals surface area contributed by atoms with Crippen LogP contribution in [0, 0.1) is 39.8 Å². The van der Waals surface area contributed by atoms with Crippen LogP contribution >= 0.6 is 46.4 Å². The van der Waals surface area contributed by atoms with Gasteiger partial charge in [-0.1, -0.05) is 139 Å². The van der Waals surface area contributed by atoms with Crippen molar-refractivity contribution in [2.24, 2.45) is 22.7 Å². The predicted molar refractivity (Wildman–Crippen MR) is 334 cm³/mol. The van der Waals surface area contributed by atoms with E-state index >= 15 is 9.59 Å². The van der Waals surface area contributed by atoms with Crippen LogP contribution in [0.2, 0.25) is 20.1 Å². The molecule has 2 aliphatic carbocycles. The van der Waals surface area contributed by atoms with Gasteiger partial charge in [-0.05, 0) is 157 Å². The Balaban J connectivity index is 0.983. The molecule has 0 bridgehead atoms. The Labute approximate surface area is 531 Å². The molecule has 0 spiro atoms. The third-order valence-electron chi connectivity index (χ3n) is 17.8. The Bertz CT molecular complexity index is 3630. The van der Waals surface area contributed by atoms with Crippen LogP contribution in [0.1, 0.15) is 128 Å². The molecule has 6 aromatic carbocycles. The molecular formula is C66H66Cl4FN5O9S2. The molecule has 4 aliphatic rings. The molecule has 2 heterocycles. The summed E-state index contributed by atoms with van der Waals surface area (Å²) in [5, 5.41) is 11.8. The van der Waals surface area contributed by atoms with E-state index in [0.717, 1.165) is 16.7 Å². The molecule has 456 valence electrons. The first kappa shape index (κ1) is 64.1. The van der Waals surface area contributed by atoms with Gasteiger partial charge in [-0.25, -0.2) is 12.8 Å². The van der Waals surface area contributed by atoms with Crippen molar-refractivity contribution in [2.45, 2.75) is 114 Å². The topological polar surface area (TPSA) is 189 Å². The number of halogens is 5. The van der Waals surface area contributed by atoms with Crippen molar-refractivity contribution in [2.75, 3.05) is 19.6 Å². The highest BCUT2D eigenvalue weighted by atomic mass is 35.5. The smallest absolute Gasteiger partial charge is 0.314 e. The summed E-state index contributed by atoms with van der Waals surface area (Å²) in [4.78, 5) is 65.0.